The van der Waals surface area contributed by atoms with Gasteiger partial charge in [-0.2, -0.15) is 0 Å². The van der Waals surface area contributed by atoms with Crippen LogP contribution in [-0.2, 0) is 0 Å². The predicted molar refractivity (Wildman–Crippen MR) is 64.3 cm³/mol. The topological polar surface area (TPSA) is 55.0 Å². The average molecular weight is 214 g/mol. The molecular formula is C12H14N4. The van der Waals surface area contributed by atoms with Gasteiger partial charge in [0.1, 0.15) is 12.1 Å². The van der Waals surface area contributed by atoms with Crippen molar-refractivity contribution in [2.24, 2.45) is 5.73 Å². The van der Waals surface area contributed by atoms with Crippen molar-refractivity contribution in [1.29, 1.82) is 0 Å². The Bertz CT molecular complexity index is 522. The third-order valence-electron chi connectivity index (χ3n) is 2.93. The zero-order chi connectivity index (χ0) is 11.2. The van der Waals surface area contributed by atoms with Gasteiger partial charge in [-0.05, 0) is 19.1 Å². The molecule has 0 aliphatic carbocycles. The van der Waals surface area contributed by atoms with Crippen molar-refractivity contribution >= 4 is 16.7 Å². The van der Waals surface area contributed by atoms with Crippen LogP contribution in [0.25, 0.3) is 10.9 Å². The zero-order valence-electron chi connectivity index (χ0n) is 9.22. The lowest BCUT2D eigenvalue weighted by atomic mass is 9.93. The summed E-state index contributed by atoms with van der Waals surface area (Å²) in [5.74, 6) is 0.994. The number of benzene rings is 1. The number of hydrogen-bond acceptors (Lipinski definition) is 4. The summed E-state index contributed by atoms with van der Waals surface area (Å²) >= 11 is 0. The second-order valence-electron chi connectivity index (χ2n) is 4.72. The number of nitrogens with two attached hydrogens (primary N) is 1. The molecule has 0 atom stereocenters. The molecule has 2 heterocycles. The number of hydrogen-bond donors (Lipinski definition) is 1. The van der Waals surface area contributed by atoms with Gasteiger partial charge in [-0.3, -0.25) is 0 Å². The number of para-hydroxylation sites is 1. The maximum Gasteiger partial charge on any atom is 0.140 e. The van der Waals surface area contributed by atoms with E-state index in [1.165, 1.54) is 0 Å². The lowest BCUT2D eigenvalue weighted by Crippen LogP contribution is -2.65. The molecule has 1 aliphatic heterocycles. The molecule has 2 aromatic rings. The second-order valence-corrected chi connectivity index (χ2v) is 4.72. The van der Waals surface area contributed by atoms with Gasteiger partial charge in [-0.25, -0.2) is 9.97 Å². The number of fused-ring (bicyclic) bond motifs is 1. The summed E-state index contributed by atoms with van der Waals surface area (Å²) in [6.45, 7) is 3.77. The van der Waals surface area contributed by atoms with E-state index in [1.54, 1.807) is 6.33 Å². The van der Waals surface area contributed by atoms with E-state index in [-0.39, 0.29) is 5.54 Å². The Labute approximate surface area is 94.1 Å². The second kappa shape index (κ2) is 3.15. The summed E-state index contributed by atoms with van der Waals surface area (Å²) in [5, 5.41) is 1.10. The lowest BCUT2D eigenvalue weighted by Gasteiger charge is -2.46. The monoisotopic (exact) mass is 214 g/mol. The van der Waals surface area contributed by atoms with E-state index in [0.29, 0.717) is 0 Å². The first kappa shape index (κ1) is 9.54. The van der Waals surface area contributed by atoms with Crippen molar-refractivity contribution in [3.63, 3.8) is 0 Å². The maximum absolute atomic E-state index is 6.01. The Balaban J connectivity index is 2.05. The van der Waals surface area contributed by atoms with Gasteiger partial charge in [0.2, 0.25) is 0 Å². The molecule has 0 unspecified atom stereocenters. The highest BCUT2D eigenvalue weighted by Gasteiger charge is 2.36. The molecule has 1 fully saturated rings. The minimum Gasteiger partial charge on any atom is -0.352 e. The molecule has 82 valence electrons. The standard InChI is InChI=1S/C12H14N4/c1-12(13)6-16(7-12)11-9-4-2-3-5-10(9)14-8-15-11/h2-5,8H,6-7,13H2,1H3. The SMILES string of the molecule is CC1(N)CN(c2ncnc3ccccc23)C1. The first-order valence-corrected chi connectivity index (χ1v) is 5.39. The normalized spacial score (nSPS) is 18.5. The molecule has 1 aliphatic rings. The summed E-state index contributed by atoms with van der Waals surface area (Å²) in [5.41, 5.74) is 6.92. The molecule has 0 spiro atoms. The van der Waals surface area contributed by atoms with Gasteiger partial charge in [-0.15, -0.1) is 0 Å². The van der Waals surface area contributed by atoms with E-state index in [9.17, 15) is 0 Å². The minimum absolute atomic E-state index is 0.0773. The van der Waals surface area contributed by atoms with Crippen LogP contribution in [0.5, 0.6) is 0 Å². The highest BCUT2D eigenvalue weighted by Crippen LogP contribution is 2.29. The lowest BCUT2D eigenvalue weighted by molar-refractivity contribution is 0.363. The zero-order valence-corrected chi connectivity index (χ0v) is 9.22. The van der Waals surface area contributed by atoms with Gasteiger partial charge >= 0.3 is 0 Å². The minimum atomic E-state index is -0.0773. The molecule has 3 rings (SSSR count). The Morgan fingerprint density at radius 2 is 2.00 bits per heavy atom. The summed E-state index contributed by atoms with van der Waals surface area (Å²) < 4.78 is 0. The van der Waals surface area contributed by atoms with Gasteiger partial charge in [0.05, 0.1) is 5.52 Å². The molecule has 4 nitrogen and oxygen atoms in total. The number of rotatable bonds is 1. The molecule has 1 aromatic heterocycles. The van der Waals surface area contributed by atoms with E-state index >= 15 is 0 Å². The van der Waals surface area contributed by atoms with Crippen LogP contribution in [0, 0.1) is 0 Å². The quantitative estimate of drug-likeness (QED) is 0.774. The summed E-state index contributed by atoms with van der Waals surface area (Å²) in [7, 11) is 0. The van der Waals surface area contributed by atoms with Crippen LogP contribution in [0.15, 0.2) is 30.6 Å². The van der Waals surface area contributed by atoms with E-state index < -0.39 is 0 Å². The van der Waals surface area contributed by atoms with Crippen molar-refractivity contribution in [2.45, 2.75) is 12.5 Å². The number of nitrogens with zero attached hydrogens (tertiary/aromatic N) is 3. The number of aromatic nitrogens is 2. The fourth-order valence-corrected chi connectivity index (χ4v) is 2.22. The fourth-order valence-electron chi connectivity index (χ4n) is 2.22. The van der Waals surface area contributed by atoms with Crippen LogP contribution in [0.1, 0.15) is 6.92 Å². The Morgan fingerprint density at radius 3 is 2.75 bits per heavy atom. The molecule has 4 heteroatoms. The molecule has 16 heavy (non-hydrogen) atoms. The third kappa shape index (κ3) is 1.42. The molecule has 1 saturated heterocycles. The predicted octanol–water partition coefficient (Wildman–Crippen LogP) is 1.17. The first-order chi connectivity index (χ1) is 7.66. The highest BCUT2D eigenvalue weighted by atomic mass is 15.3. The Kier molecular flexibility index (Phi) is 1.88. The first-order valence-electron chi connectivity index (χ1n) is 5.39. The van der Waals surface area contributed by atoms with Crippen LogP contribution >= 0.6 is 0 Å². The van der Waals surface area contributed by atoms with E-state index in [0.717, 1.165) is 29.8 Å². The van der Waals surface area contributed by atoms with Crippen LogP contribution in [0.3, 0.4) is 0 Å². The average Bonchev–Trinajstić information content (AvgIpc) is 2.25. The van der Waals surface area contributed by atoms with Crippen molar-refractivity contribution in [3.05, 3.63) is 30.6 Å². The van der Waals surface area contributed by atoms with Crippen LogP contribution < -0.4 is 10.6 Å². The van der Waals surface area contributed by atoms with Gasteiger partial charge in [0.25, 0.3) is 0 Å². The van der Waals surface area contributed by atoms with Crippen molar-refractivity contribution in [3.8, 4) is 0 Å². The van der Waals surface area contributed by atoms with Gasteiger partial charge in [0.15, 0.2) is 0 Å². The van der Waals surface area contributed by atoms with E-state index in [1.807, 2.05) is 18.2 Å². The third-order valence-corrected chi connectivity index (χ3v) is 2.93. The van der Waals surface area contributed by atoms with Crippen LogP contribution in [-0.4, -0.2) is 28.6 Å². The summed E-state index contributed by atoms with van der Waals surface area (Å²) in [4.78, 5) is 10.8. The van der Waals surface area contributed by atoms with E-state index in [4.69, 9.17) is 5.73 Å². The molecular weight excluding hydrogens is 200 g/mol. The molecule has 1 aromatic carbocycles. The molecule has 0 saturated carbocycles. The van der Waals surface area contributed by atoms with Crippen molar-refractivity contribution < 1.29 is 0 Å². The molecule has 0 radical (unpaired) electrons. The fraction of sp³-hybridized carbons (Fsp3) is 0.333. The molecule has 0 bridgehead atoms. The maximum atomic E-state index is 6.01. The van der Waals surface area contributed by atoms with E-state index in [2.05, 4.69) is 27.9 Å². The summed E-state index contributed by atoms with van der Waals surface area (Å²) in [6, 6.07) is 8.05. The molecule has 2 N–H and O–H groups in total. The van der Waals surface area contributed by atoms with Gasteiger partial charge in [0, 0.05) is 24.0 Å². The highest BCUT2D eigenvalue weighted by molar-refractivity contribution is 5.89. The Hall–Kier alpha value is -1.68. The largest absolute Gasteiger partial charge is 0.352 e. The van der Waals surface area contributed by atoms with Crippen LogP contribution in [0.4, 0.5) is 5.82 Å². The summed E-state index contributed by atoms with van der Waals surface area (Å²) in [6.07, 6.45) is 1.61. The Morgan fingerprint density at radius 1 is 1.25 bits per heavy atom. The van der Waals surface area contributed by atoms with Crippen molar-refractivity contribution in [1.82, 2.24) is 9.97 Å². The van der Waals surface area contributed by atoms with Gasteiger partial charge < -0.3 is 10.6 Å². The smallest absolute Gasteiger partial charge is 0.140 e. The number of anilines is 1. The molecule has 0 amide bonds. The van der Waals surface area contributed by atoms with Crippen LogP contribution in [0.2, 0.25) is 0 Å². The van der Waals surface area contributed by atoms with Gasteiger partial charge in [-0.1, -0.05) is 12.1 Å². The van der Waals surface area contributed by atoms with Crippen molar-refractivity contribution in [2.75, 3.05) is 18.0 Å².